The molecule has 3 aromatic rings. The third-order valence-electron chi connectivity index (χ3n) is 5.71. The zero-order chi connectivity index (χ0) is 21.1. The Morgan fingerprint density at radius 1 is 1.13 bits per heavy atom. The molecule has 1 aromatic heterocycles. The summed E-state index contributed by atoms with van der Waals surface area (Å²) in [5.74, 6) is 0.158. The molecule has 0 radical (unpaired) electrons. The van der Waals surface area contributed by atoms with Crippen molar-refractivity contribution in [2.75, 3.05) is 18.4 Å². The number of carbonyl (C=O) groups excluding carboxylic acids is 1. The van der Waals surface area contributed by atoms with E-state index in [-0.39, 0.29) is 11.8 Å². The first-order valence-electron chi connectivity index (χ1n) is 10.3. The van der Waals surface area contributed by atoms with Crippen molar-refractivity contribution in [1.29, 1.82) is 0 Å². The van der Waals surface area contributed by atoms with Gasteiger partial charge in [0.15, 0.2) is 6.67 Å². The van der Waals surface area contributed by atoms with Crippen LogP contribution in [0.15, 0.2) is 48.5 Å². The summed E-state index contributed by atoms with van der Waals surface area (Å²) in [7, 11) is 0. The lowest BCUT2D eigenvalue weighted by molar-refractivity contribution is -0.929. The molecule has 2 N–H and O–H groups in total. The second-order valence-corrected chi connectivity index (χ2v) is 8.37. The van der Waals surface area contributed by atoms with Gasteiger partial charge in [0.25, 0.3) is 0 Å². The van der Waals surface area contributed by atoms with E-state index in [2.05, 4.69) is 40.9 Å². The number of nitrogens with one attached hydrogen (secondary N) is 2. The van der Waals surface area contributed by atoms with Gasteiger partial charge in [-0.2, -0.15) is 9.36 Å². The molecule has 0 bridgehead atoms. The van der Waals surface area contributed by atoms with Gasteiger partial charge in [0.1, 0.15) is 0 Å². The number of benzene rings is 2. The number of anilines is 1. The molecular formula is C22H27N6OS+. The SMILES string of the molecule is Cc1ccc(C)c(-n2nnn(C[NH+]3CCC(C(=O)Nc4ccccc4)CC3)c2=S)c1. The van der Waals surface area contributed by atoms with Crippen LogP contribution in [0, 0.1) is 24.5 Å². The number of hydrogen-bond acceptors (Lipinski definition) is 4. The van der Waals surface area contributed by atoms with Gasteiger partial charge in [-0.15, -0.1) is 0 Å². The van der Waals surface area contributed by atoms with E-state index in [1.54, 1.807) is 9.36 Å². The fourth-order valence-electron chi connectivity index (χ4n) is 3.90. The quantitative estimate of drug-likeness (QED) is 0.618. The van der Waals surface area contributed by atoms with Crippen LogP contribution in [-0.4, -0.2) is 38.8 Å². The van der Waals surface area contributed by atoms with Gasteiger partial charge in [-0.25, -0.2) is 0 Å². The monoisotopic (exact) mass is 423 g/mol. The predicted molar refractivity (Wildman–Crippen MR) is 118 cm³/mol. The number of likely N-dealkylation sites (tertiary alicyclic amines) is 1. The normalized spacial score (nSPS) is 18.9. The first kappa shape index (κ1) is 20.4. The molecule has 4 rings (SSSR count). The van der Waals surface area contributed by atoms with Crippen LogP contribution in [0.1, 0.15) is 24.0 Å². The molecule has 1 amide bonds. The number of tetrazole rings is 1. The van der Waals surface area contributed by atoms with Crippen molar-refractivity contribution < 1.29 is 9.69 Å². The van der Waals surface area contributed by atoms with Crippen molar-refractivity contribution in [2.24, 2.45) is 5.92 Å². The van der Waals surface area contributed by atoms with Gasteiger partial charge in [0, 0.05) is 24.4 Å². The van der Waals surface area contributed by atoms with E-state index in [9.17, 15) is 4.79 Å². The molecule has 1 fully saturated rings. The van der Waals surface area contributed by atoms with Crippen molar-refractivity contribution in [3.05, 3.63) is 64.4 Å². The van der Waals surface area contributed by atoms with Crippen molar-refractivity contribution in [3.8, 4) is 5.69 Å². The third-order valence-corrected chi connectivity index (χ3v) is 6.09. The number of hydrogen-bond donors (Lipinski definition) is 2. The first-order chi connectivity index (χ1) is 14.5. The van der Waals surface area contributed by atoms with Crippen LogP contribution in [0.25, 0.3) is 5.69 Å². The maximum absolute atomic E-state index is 12.5. The van der Waals surface area contributed by atoms with E-state index in [1.165, 1.54) is 4.90 Å². The van der Waals surface area contributed by atoms with E-state index < -0.39 is 0 Å². The largest absolute Gasteiger partial charge is 0.326 e. The minimum atomic E-state index is 0.0487. The van der Waals surface area contributed by atoms with Crippen LogP contribution in [-0.2, 0) is 11.5 Å². The summed E-state index contributed by atoms with van der Waals surface area (Å²) >= 11 is 5.64. The second-order valence-electron chi connectivity index (χ2n) is 8.00. The maximum atomic E-state index is 12.5. The van der Waals surface area contributed by atoms with Gasteiger partial charge in [-0.1, -0.05) is 30.3 Å². The van der Waals surface area contributed by atoms with Gasteiger partial charge in [-0.05, 0) is 65.8 Å². The second kappa shape index (κ2) is 8.89. The molecule has 2 heterocycles. The van der Waals surface area contributed by atoms with Gasteiger partial charge >= 0.3 is 0 Å². The average Bonchev–Trinajstić information content (AvgIpc) is 3.11. The lowest BCUT2D eigenvalue weighted by Crippen LogP contribution is -3.12. The summed E-state index contributed by atoms with van der Waals surface area (Å²) in [4.78, 5) is 13.9. The molecule has 0 unspecified atom stereocenters. The smallest absolute Gasteiger partial charge is 0.227 e. The van der Waals surface area contributed by atoms with Crippen LogP contribution in [0.5, 0.6) is 0 Å². The van der Waals surface area contributed by atoms with Crippen LogP contribution >= 0.6 is 12.2 Å². The Morgan fingerprint density at radius 2 is 1.87 bits per heavy atom. The van der Waals surface area contributed by atoms with Crippen molar-refractivity contribution in [3.63, 3.8) is 0 Å². The van der Waals surface area contributed by atoms with Gasteiger partial charge in [0.05, 0.1) is 18.8 Å². The summed E-state index contributed by atoms with van der Waals surface area (Å²) < 4.78 is 4.12. The summed E-state index contributed by atoms with van der Waals surface area (Å²) in [5.41, 5.74) is 4.10. The number of para-hydroxylation sites is 1. The molecule has 156 valence electrons. The summed E-state index contributed by atoms with van der Waals surface area (Å²) in [6, 6.07) is 15.9. The Labute approximate surface area is 181 Å². The summed E-state index contributed by atoms with van der Waals surface area (Å²) in [6.45, 7) is 6.58. The first-order valence-corrected chi connectivity index (χ1v) is 10.7. The molecule has 1 aliphatic rings. The number of rotatable bonds is 5. The molecule has 2 aromatic carbocycles. The summed E-state index contributed by atoms with van der Waals surface area (Å²) in [5, 5.41) is 11.6. The minimum Gasteiger partial charge on any atom is -0.326 e. The highest BCUT2D eigenvalue weighted by Crippen LogP contribution is 2.16. The minimum absolute atomic E-state index is 0.0487. The Hall–Kier alpha value is -2.84. The van der Waals surface area contributed by atoms with Crippen LogP contribution in [0.3, 0.4) is 0 Å². The molecule has 7 nitrogen and oxygen atoms in total. The molecule has 1 aliphatic heterocycles. The molecular weight excluding hydrogens is 396 g/mol. The molecule has 0 atom stereocenters. The number of piperidine rings is 1. The van der Waals surface area contributed by atoms with Crippen molar-refractivity contribution >= 4 is 23.8 Å². The molecule has 0 spiro atoms. The molecule has 0 saturated carbocycles. The van der Waals surface area contributed by atoms with Crippen LogP contribution < -0.4 is 10.2 Å². The van der Waals surface area contributed by atoms with E-state index >= 15 is 0 Å². The molecule has 1 saturated heterocycles. The number of carbonyl (C=O) groups is 1. The van der Waals surface area contributed by atoms with Gasteiger partial charge in [-0.3, -0.25) is 4.79 Å². The van der Waals surface area contributed by atoms with Crippen molar-refractivity contribution in [1.82, 2.24) is 19.8 Å². The highest BCUT2D eigenvalue weighted by Gasteiger charge is 2.28. The lowest BCUT2D eigenvalue weighted by Gasteiger charge is -2.28. The lowest BCUT2D eigenvalue weighted by atomic mass is 9.96. The van der Waals surface area contributed by atoms with Crippen LogP contribution in [0.2, 0.25) is 0 Å². The Kier molecular flexibility index (Phi) is 6.06. The van der Waals surface area contributed by atoms with E-state index in [1.807, 2.05) is 37.3 Å². The molecule has 0 aliphatic carbocycles. The Balaban J connectivity index is 1.37. The average molecular weight is 424 g/mol. The Bertz CT molecular complexity index is 1080. The Morgan fingerprint density at radius 3 is 2.60 bits per heavy atom. The number of amides is 1. The third kappa shape index (κ3) is 4.49. The number of aromatic nitrogens is 4. The highest BCUT2D eigenvalue weighted by atomic mass is 32.1. The van der Waals surface area contributed by atoms with E-state index in [4.69, 9.17) is 12.2 Å². The maximum Gasteiger partial charge on any atom is 0.227 e. The van der Waals surface area contributed by atoms with Crippen LogP contribution in [0.4, 0.5) is 5.69 Å². The highest BCUT2D eigenvalue weighted by molar-refractivity contribution is 7.71. The van der Waals surface area contributed by atoms with E-state index in [0.29, 0.717) is 11.4 Å². The van der Waals surface area contributed by atoms with E-state index in [0.717, 1.165) is 48.4 Å². The summed E-state index contributed by atoms with van der Waals surface area (Å²) in [6.07, 6.45) is 1.71. The van der Waals surface area contributed by atoms with Crippen molar-refractivity contribution in [2.45, 2.75) is 33.4 Å². The zero-order valence-electron chi connectivity index (χ0n) is 17.3. The molecule has 30 heavy (non-hydrogen) atoms. The predicted octanol–water partition coefficient (Wildman–Crippen LogP) is 2.31. The number of quaternary nitrogens is 1. The van der Waals surface area contributed by atoms with Gasteiger partial charge < -0.3 is 10.2 Å². The standard InChI is InChI=1S/C22H26N6OS/c1-16-8-9-17(2)20(14-16)28-22(30)27(24-25-28)15-26-12-10-18(11-13-26)21(29)23-19-6-4-3-5-7-19/h3-9,14,18H,10-13,15H2,1-2H3,(H,23,29)/p+1. The fraction of sp³-hybridized carbons (Fsp3) is 0.364. The topological polar surface area (TPSA) is 69.2 Å². The molecule has 8 heteroatoms. The zero-order valence-corrected chi connectivity index (χ0v) is 18.2. The van der Waals surface area contributed by atoms with Gasteiger partial charge in [0.2, 0.25) is 10.7 Å². The number of aryl methyl sites for hydroxylation is 2. The fourth-order valence-corrected chi connectivity index (χ4v) is 4.13. The number of nitrogens with zero attached hydrogens (tertiary/aromatic N) is 4.